The highest BCUT2D eigenvalue weighted by Crippen LogP contribution is 2.21. The summed E-state index contributed by atoms with van der Waals surface area (Å²) in [5, 5.41) is 3.41. The number of aryl methyl sites for hydroxylation is 1. The average molecular weight is 414 g/mol. The monoisotopic (exact) mass is 413 g/mol. The van der Waals surface area contributed by atoms with Gasteiger partial charge in [0.25, 0.3) is 5.91 Å². The number of rotatable bonds is 4. The minimum absolute atomic E-state index is 0. The van der Waals surface area contributed by atoms with E-state index in [-0.39, 0.29) is 30.3 Å². The van der Waals surface area contributed by atoms with Gasteiger partial charge < -0.3 is 19.9 Å². The Kier molecular flexibility index (Phi) is 8.26. The number of methoxy groups -OCH3 is 1. The highest BCUT2D eigenvalue weighted by Gasteiger charge is 2.27. The topological polar surface area (TPSA) is 61.9 Å². The number of halogens is 1. The molecule has 2 heterocycles. The lowest BCUT2D eigenvalue weighted by atomic mass is 10.1. The fraction of sp³-hybridized carbons (Fsp3) is 0.579. The summed E-state index contributed by atoms with van der Waals surface area (Å²) in [5.41, 5.74) is 1.64. The molecule has 150 valence electrons. The molecule has 2 fully saturated rings. The van der Waals surface area contributed by atoms with E-state index in [2.05, 4.69) is 5.32 Å². The first kappa shape index (κ1) is 21.9. The van der Waals surface area contributed by atoms with Gasteiger partial charge in [0, 0.05) is 62.3 Å². The summed E-state index contributed by atoms with van der Waals surface area (Å²) in [4.78, 5) is 28.9. The van der Waals surface area contributed by atoms with E-state index >= 15 is 0 Å². The number of nitrogens with one attached hydrogen (secondary N) is 1. The molecule has 0 aromatic heterocycles. The van der Waals surface area contributed by atoms with E-state index in [1.54, 1.807) is 13.2 Å². The molecular weight excluding hydrogens is 386 g/mol. The second-order valence-electron chi connectivity index (χ2n) is 6.79. The van der Waals surface area contributed by atoms with Gasteiger partial charge in [-0.15, -0.1) is 12.4 Å². The Hall–Kier alpha value is -1.44. The summed E-state index contributed by atoms with van der Waals surface area (Å²) in [6, 6.07) is 5.81. The SMILES string of the molecule is COc1cc(C(=O)N2CCN(C(=O)CC3CSCCN3)CC2)ccc1C.Cl. The zero-order chi connectivity index (χ0) is 18.5. The summed E-state index contributed by atoms with van der Waals surface area (Å²) >= 11 is 1.90. The minimum Gasteiger partial charge on any atom is -0.496 e. The number of nitrogens with zero attached hydrogens (tertiary/aromatic N) is 2. The first-order valence-corrected chi connectivity index (χ1v) is 10.3. The number of hydrogen-bond donors (Lipinski definition) is 1. The smallest absolute Gasteiger partial charge is 0.254 e. The number of amides is 2. The quantitative estimate of drug-likeness (QED) is 0.815. The molecule has 1 unspecified atom stereocenters. The average Bonchev–Trinajstić information content (AvgIpc) is 2.68. The normalized spacial score (nSPS) is 20.0. The second-order valence-corrected chi connectivity index (χ2v) is 7.94. The summed E-state index contributed by atoms with van der Waals surface area (Å²) in [5.74, 6) is 3.03. The molecule has 2 amide bonds. The molecule has 0 saturated carbocycles. The molecule has 2 saturated heterocycles. The van der Waals surface area contributed by atoms with Crippen molar-refractivity contribution in [3.63, 3.8) is 0 Å². The van der Waals surface area contributed by atoms with E-state index in [0.717, 1.165) is 29.4 Å². The molecule has 1 atom stereocenters. The number of thioether (sulfide) groups is 1. The Bertz CT molecular complexity index is 660. The van der Waals surface area contributed by atoms with Crippen LogP contribution in [0.25, 0.3) is 0 Å². The van der Waals surface area contributed by atoms with Crippen molar-refractivity contribution in [2.75, 3.05) is 51.3 Å². The molecule has 1 aromatic rings. The van der Waals surface area contributed by atoms with Crippen LogP contribution in [0.1, 0.15) is 22.3 Å². The number of benzene rings is 1. The largest absolute Gasteiger partial charge is 0.496 e. The van der Waals surface area contributed by atoms with Crippen molar-refractivity contribution in [1.82, 2.24) is 15.1 Å². The fourth-order valence-electron chi connectivity index (χ4n) is 3.39. The molecule has 1 N–H and O–H groups in total. The minimum atomic E-state index is 0. The Labute approximate surface area is 171 Å². The van der Waals surface area contributed by atoms with Crippen molar-refractivity contribution in [2.45, 2.75) is 19.4 Å². The van der Waals surface area contributed by atoms with Crippen molar-refractivity contribution in [3.05, 3.63) is 29.3 Å². The molecule has 27 heavy (non-hydrogen) atoms. The molecule has 8 heteroatoms. The molecule has 1 aromatic carbocycles. The van der Waals surface area contributed by atoms with Gasteiger partial charge >= 0.3 is 0 Å². The van der Waals surface area contributed by atoms with Crippen LogP contribution in [0, 0.1) is 6.92 Å². The number of hydrogen-bond acceptors (Lipinski definition) is 5. The van der Waals surface area contributed by atoms with Gasteiger partial charge in [0.15, 0.2) is 0 Å². The summed E-state index contributed by atoms with van der Waals surface area (Å²) < 4.78 is 5.31. The van der Waals surface area contributed by atoms with Crippen LogP contribution in [-0.4, -0.2) is 79.0 Å². The van der Waals surface area contributed by atoms with Gasteiger partial charge in [-0.2, -0.15) is 11.8 Å². The lowest BCUT2D eigenvalue weighted by Crippen LogP contribution is -2.52. The van der Waals surface area contributed by atoms with Gasteiger partial charge in [-0.3, -0.25) is 9.59 Å². The Balaban J connectivity index is 0.00000261. The molecule has 0 bridgehead atoms. The highest BCUT2D eigenvalue weighted by atomic mass is 35.5. The van der Waals surface area contributed by atoms with Crippen LogP contribution in [0.3, 0.4) is 0 Å². The molecule has 0 radical (unpaired) electrons. The Morgan fingerprint density at radius 3 is 2.56 bits per heavy atom. The summed E-state index contributed by atoms with van der Waals surface area (Å²) in [7, 11) is 1.61. The van der Waals surface area contributed by atoms with Crippen LogP contribution < -0.4 is 10.1 Å². The van der Waals surface area contributed by atoms with Gasteiger partial charge in [0.1, 0.15) is 5.75 Å². The number of ether oxygens (including phenoxy) is 1. The van der Waals surface area contributed by atoms with Crippen LogP contribution in [-0.2, 0) is 4.79 Å². The van der Waals surface area contributed by atoms with E-state index in [1.165, 1.54) is 0 Å². The van der Waals surface area contributed by atoms with Crippen molar-refractivity contribution >= 4 is 36.0 Å². The third-order valence-electron chi connectivity index (χ3n) is 4.99. The molecule has 0 spiro atoms. The maximum absolute atomic E-state index is 12.7. The third kappa shape index (κ3) is 5.53. The Morgan fingerprint density at radius 1 is 1.22 bits per heavy atom. The maximum atomic E-state index is 12.7. The van der Waals surface area contributed by atoms with E-state index in [9.17, 15) is 9.59 Å². The van der Waals surface area contributed by atoms with Crippen molar-refractivity contribution in [3.8, 4) is 5.75 Å². The molecule has 2 aliphatic heterocycles. The molecule has 0 aliphatic carbocycles. The molecule has 6 nitrogen and oxygen atoms in total. The van der Waals surface area contributed by atoms with Crippen molar-refractivity contribution in [2.24, 2.45) is 0 Å². The van der Waals surface area contributed by atoms with Gasteiger partial charge in [-0.1, -0.05) is 6.07 Å². The first-order chi connectivity index (χ1) is 12.6. The number of carbonyl (C=O) groups excluding carboxylic acids is 2. The van der Waals surface area contributed by atoms with Gasteiger partial charge in [0.2, 0.25) is 5.91 Å². The zero-order valence-electron chi connectivity index (χ0n) is 15.9. The zero-order valence-corrected chi connectivity index (χ0v) is 17.5. The van der Waals surface area contributed by atoms with E-state index in [4.69, 9.17) is 4.74 Å². The number of piperazine rings is 1. The lowest BCUT2D eigenvalue weighted by Gasteiger charge is -2.36. The predicted molar refractivity (Wildman–Crippen MR) is 111 cm³/mol. The molecule has 3 rings (SSSR count). The number of carbonyl (C=O) groups is 2. The van der Waals surface area contributed by atoms with Gasteiger partial charge in [-0.05, 0) is 24.6 Å². The van der Waals surface area contributed by atoms with Crippen LogP contribution in [0.5, 0.6) is 5.75 Å². The van der Waals surface area contributed by atoms with Crippen molar-refractivity contribution < 1.29 is 14.3 Å². The molecule has 2 aliphatic rings. The molecular formula is C19H28ClN3O3S. The summed E-state index contributed by atoms with van der Waals surface area (Å²) in [6.07, 6.45) is 0.552. The standard InChI is InChI=1S/C19H27N3O3S.ClH/c1-14-3-4-15(11-17(14)25-2)19(24)22-8-6-21(7-9-22)18(23)12-16-13-26-10-5-20-16;/h3-4,11,16,20H,5-10,12-13H2,1-2H3;1H. The van der Waals surface area contributed by atoms with Crippen LogP contribution >= 0.6 is 24.2 Å². The van der Waals surface area contributed by atoms with Crippen LogP contribution in [0.15, 0.2) is 18.2 Å². The first-order valence-electron chi connectivity index (χ1n) is 9.11. The third-order valence-corrected chi connectivity index (χ3v) is 6.12. The summed E-state index contributed by atoms with van der Waals surface area (Å²) in [6.45, 7) is 5.30. The van der Waals surface area contributed by atoms with E-state index in [0.29, 0.717) is 38.2 Å². The second kappa shape index (κ2) is 10.2. The maximum Gasteiger partial charge on any atom is 0.254 e. The van der Waals surface area contributed by atoms with Crippen LogP contribution in [0.4, 0.5) is 0 Å². The fourth-order valence-corrected chi connectivity index (χ4v) is 4.33. The predicted octanol–water partition coefficient (Wildman–Crippen LogP) is 1.80. The van der Waals surface area contributed by atoms with E-state index < -0.39 is 0 Å². The van der Waals surface area contributed by atoms with E-state index in [1.807, 2.05) is 40.6 Å². The van der Waals surface area contributed by atoms with Gasteiger partial charge in [0.05, 0.1) is 7.11 Å². The Morgan fingerprint density at radius 2 is 1.93 bits per heavy atom. The van der Waals surface area contributed by atoms with Crippen molar-refractivity contribution in [1.29, 1.82) is 0 Å². The van der Waals surface area contributed by atoms with Gasteiger partial charge in [-0.25, -0.2) is 0 Å². The lowest BCUT2D eigenvalue weighted by molar-refractivity contribution is -0.133. The highest BCUT2D eigenvalue weighted by molar-refractivity contribution is 7.99. The van der Waals surface area contributed by atoms with Crippen LogP contribution in [0.2, 0.25) is 0 Å².